The van der Waals surface area contributed by atoms with E-state index in [2.05, 4.69) is 0 Å². The Morgan fingerprint density at radius 2 is 1.12 bits per heavy atom. The van der Waals surface area contributed by atoms with Crippen LogP contribution in [0.3, 0.4) is 0 Å². The van der Waals surface area contributed by atoms with Crippen LogP contribution in [0.2, 0.25) is 0 Å². The monoisotopic (exact) mass is 173 g/mol. The van der Waals surface area contributed by atoms with Gasteiger partial charge in [0.05, 0.1) is 0 Å². The first kappa shape index (κ1) is 30.4. The summed E-state index contributed by atoms with van der Waals surface area (Å²) >= 11 is 0. The molecule has 4 nitrogen and oxygen atoms in total. The Balaban J connectivity index is -0.00000000450. The molecule has 40 valence electrons. The molecule has 0 rings (SSSR count). The number of rotatable bonds is 0. The SMILES string of the molecule is O.O=[PH](O)O.[H+].[NaH].[NaH].[NaH]. The zero-order chi connectivity index (χ0) is 3.58. The Morgan fingerprint density at radius 1 is 1.12 bits per heavy atom. The molecule has 0 saturated carbocycles. The molecule has 0 fully saturated rings. The molecule has 8 heavy (non-hydrogen) atoms. The Morgan fingerprint density at radius 3 is 1.12 bits per heavy atom. The number of hydrogen-bond donors (Lipinski definition) is 2. The summed E-state index contributed by atoms with van der Waals surface area (Å²) in [6, 6.07) is 0. The molecule has 8 heteroatoms. The topological polar surface area (TPSA) is 89.0 Å². The maximum atomic E-state index is 8.74. The van der Waals surface area contributed by atoms with Crippen LogP contribution >= 0.6 is 8.25 Å². The molecular formula is H9Na3O4P+. The molecule has 0 aliphatic carbocycles. The van der Waals surface area contributed by atoms with E-state index in [4.69, 9.17) is 14.4 Å². The first-order valence-electron chi connectivity index (χ1n) is 0.651. The predicted octanol–water partition coefficient (Wildman–Crippen LogP) is -3.30. The Hall–Kier alpha value is 3.11. The minimum absolute atomic E-state index is 0. The first-order chi connectivity index (χ1) is 1.73. The fourth-order valence-corrected chi connectivity index (χ4v) is 0. The molecule has 0 amide bonds. The van der Waals surface area contributed by atoms with Gasteiger partial charge in [-0.1, -0.05) is 0 Å². The van der Waals surface area contributed by atoms with Crippen LogP contribution in [0.1, 0.15) is 1.43 Å². The van der Waals surface area contributed by atoms with Gasteiger partial charge >= 0.3 is 98.4 Å². The van der Waals surface area contributed by atoms with Crippen LogP contribution in [0.5, 0.6) is 0 Å². The fourth-order valence-electron chi connectivity index (χ4n) is 0. The summed E-state index contributed by atoms with van der Waals surface area (Å²) in [6.45, 7) is 0. The van der Waals surface area contributed by atoms with E-state index in [1.807, 2.05) is 0 Å². The van der Waals surface area contributed by atoms with Crippen LogP contribution in [0.25, 0.3) is 0 Å². The van der Waals surface area contributed by atoms with Gasteiger partial charge in [0, 0.05) is 0 Å². The zero-order valence-electron chi connectivity index (χ0n) is 3.30. The molecule has 4 N–H and O–H groups in total. The van der Waals surface area contributed by atoms with Crippen LogP contribution < -0.4 is 0 Å². The van der Waals surface area contributed by atoms with E-state index in [0.29, 0.717) is 0 Å². The van der Waals surface area contributed by atoms with Crippen molar-refractivity contribution in [1.82, 2.24) is 0 Å². The third-order valence-corrected chi connectivity index (χ3v) is 0. The van der Waals surface area contributed by atoms with Crippen LogP contribution in [0, 0.1) is 0 Å². The van der Waals surface area contributed by atoms with Gasteiger partial charge < -0.3 is 15.3 Å². The summed E-state index contributed by atoms with van der Waals surface area (Å²) < 4.78 is 8.74. The second-order valence-corrected chi connectivity index (χ2v) is 0.848. The standard InChI is InChI=1S/3Na.H3O3P.H2O.3H/c;;;1-4(2)3;;;;/h;;;4H,(H2,1,2,3);1H2;;;/p+1. The van der Waals surface area contributed by atoms with Gasteiger partial charge in [-0.3, -0.25) is 4.57 Å². The quantitative estimate of drug-likeness (QED) is 0.297. The molecule has 0 saturated heterocycles. The Kier molecular flexibility index (Phi) is 85.5. The van der Waals surface area contributed by atoms with Crippen molar-refractivity contribution >= 4 is 96.9 Å². The summed E-state index contributed by atoms with van der Waals surface area (Å²) in [7, 11) is -3.13. The second-order valence-electron chi connectivity index (χ2n) is 0.283. The molecular weight excluding hydrogens is 164 g/mol. The van der Waals surface area contributed by atoms with Crippen LogP contribution in [-0.4, -0.2) is 104 Å². The Bertz CT molecular complexity index is 38.8. The summed E-state index contributed by atoms with van der Waals surface area (Å²) in [5.41, 5.74) is 0. The molecule has 0 aliphatic rings. The fraction of sp³-hybridized carbons (Fsp3) is 0. The molecule has 0 aromatic carbocycles. The predicted molar refractivity (Wildman–Crippen MR) is 39.6 cm³/mol. The molecule has 0 aromatic rings. The van der Waals surface area contributed by atoms with Gasteiger partial charge in [0.1, 0.15) is 0 Å². The molecule has 0 heterocycles. The minimum atomic E-state index is -3.13. The molecule has 0 atom stereocenters. The summed E-state index contributed by atoms with van der Waals surface area (Å²) in [4.78, 5) is 14.3. The Labute approximate surface area is 116 Å². The van der Waals surface area contributed by atoms with Crippen LogP contribution in [0.15, 0.2) is 0 Å². The van der Waals surface area contributed by atoms with E-state index in [1.54, 1.807) is 0 Å². The van der Waals surface area contributed by atoms with Crippen molar-refractivity contribution in [2.24, 2.45) is 0 Å². The average molecular weight is 173 g/mol. The van der Waals surface area contributed by atoms with E-state index in [0.717, 1.165) is 0 Å². The van der Waals surface area contributed by atoms with E-state index in [1.165, 1.54) is 0 Å². The van der Waals surface area contributed by atoms with E-state index in [9.17, 15) is 0 Å². The normalized spacial score (nSPS) is 4.38. The molecule has 0 spiro atoms. The van der Waals surface area contributed by atoms with Crippen molar-refractivity contribution in [3.8, 4) is 0 Å². The van der Waals surface area contributed by atoms with Crippen LogP contribution in [0.4, 0.5) is 0 Å². The van der Waals surface area contributed by atoms with E-state index < -0.39 is 8.25 Å². The van der Waals surface area contributed by atoms with Crippen molar-refractivity contribution in [2.75, 3.05) is 0 Å². The van der Waals surface area contributed by atoms with Crippen LogP contribution in [-0.2, 0) is 4.57 Å². The van der Waals surface area contributed by atoms with Crippen molar-refractivity contribution in [3.05, 3.63) is 0 Å². The van der Waals surface area contributed by atoms with Gasteiger partial charge in [0.25, 0.3) is 0 Å². The second kappa shape index (κ2) is 22.5. The third kappa shape index (κ3) is 61.9. The number of hydrogen-bond acceptors (Lipinski definition) is 1. The van der Waals surface area contributed by atoms with Gasteiger partial charge in [-0.15, -0.1) is 0 Å². The summed E-state index contributed by atoms with van der Waals surface area (Å²) in [6.07, 6.45) is 0. The third-order valence-electron chi connectivity index (χ3n) is 0. The van der Waals surface area contributed by atoms with Gasteiger partial charge in [0.15, 0.2) is 0 Å². The molecule has 0 radical (unpaired) electrons. The van der Waals surface area contributed by atoms with Crippen molar-refractivity contribution in [2.45, 2.75) is 0 Å². The molecule has 0 aromatic heterocycles. The molecule has 0 bridgehead atoms. The van der Waals surface area contributed by atoms with Crippen molar-refractivity contribution < 1.29 is 21.3 Å². The van der Waals surface area contributed by atoms with Crippen molar-refractivity contribution in [1.29, 1.82) is 0 Å². The molecule has 0 aliphatic heterocycles. The maximum absolute atomic E-state index is 8.74. The van der Waals surface area contributed by atoms with E-state index in [-0.39, 0.29) is 95.6 Å². The van der Waals surface area contributed by atoms with Gasteiger partial charge in [-0.25, -0.2) is 0 Å². The van der Waals surface area contributed by atoms with Gasteiger partial charge in [-0.2, -0.15) is 0 Å². The average Bonchev–Trinajstić information content (AvgIpc) is 0.811. The van der Waals surface area contributed by atoms with Crippen molar-refractivity contribution in [3.63, 3.8) is 0 Å². The van der Waals surface area contributed by atoms with E-state index >= 15 is 0 Å². The van der Waals surface area contributed by atoms with Gasteiger partial charge in [-0.05, 0) is 0 Å². The summed E-state index contributed by atoms with van der Waals surface area (Å²) in [5, 5.41) is 0. The zero-order valence-corrected chi connectivity index (χ0v) is 3.30. The van der Waals surface area contributed by atoms with Gasteiger partial charge in [0.2, 0.25) is 0 Å². The molecule has 0 unspecified atom stereocenters. The summed E-state index contributed by atoms with van der Waals surface area (Å²) in [5.74, 6) is 0. The first-order valence-corrected chi connectivity index (χ1v) is 1.95.